The molecule has 0 radical (unpaired) electrons. The summed E-state index contributed by atoms with van der Waals surface area (Å²) in [6.07, 6.45) is 0.933. The van der Waals surface area contributed by atoms with Gasteiger partial charge in [-0.15, -0.1) is 0 Å². The van der Waals surface area contributed by atoms with Crippen LogP contribution in [0.3, 0.4) is 0 Å². The number of benzene rings is 1. The lowest BCUT2D eigenvalue weighted by atomic mass is 10.3. The van der Waals surface area contributed by atoms with Crippen LogP contribution in [0.5, 0.6) is 0 Å². The van der Waals surface area contributed by atoms with E-state index >= 15 is 0 Å². The van der Waals surface area contributed by atoms with E-state index in [0.29, 0.717) is 12.1 Å². The second kappa shape index (κ2) is 5.44. The fourth-order valence-electron chi connectivity index (χ4n) is 1.46. The third kappa shape index (κ3) is 3.31. The smallest absolute Gasteiger partial charge is 0.337 e. The van der Waals surface area contributed by atoms with Crippen LogP contribution in [0.25, 0.3) is 0 Å². The monoisotopic (exact) mass is 314 g/mol. The molecular formula is C12H8F2N2O4S. The van der Waals surface area contributed by atoms with E-state index < -0.39 is 32.5 Å². The molecule has 9 heteroatoms. The van der Waals surface area contributed by atoms with Crippen molar-refractivity contribution in [3.05, 3.63) is 53.7 Å². The van der Waals surface area contributed by atoms with Gasteiger partial charge in [0.1, 0.15) is 22.3 Å². The average Bonchev–Trinajstić information content (AvgIpc) is 2.41. The molecular weight excluding hydrogens is 306 g/mol. The van der Waals surface area contributed by atoms with Crippen molar-refractivity contribution in [2.24, 2.45) is 0 Å². The molecule has 1 aromatic carbocycles. The fourth-order valence-corrected chi connectivity index (χ4v) is 2.56. The van der Waals surface area contributed by atoms with E-state index in [2.05, 4.69) is 4.98 Å². The van der Waals surface area contributed by atoms with Gasteiger partial charge in [0.2, 0.25) is 0 Å². The van der Waals surface area contributed by atoms with Crippen LogP contribution < -0.4 is 4.72 Å². The zero-order chi connectivity index (χ0) is 15.6. The number of anilines is 1. The molecule has 1 aromatic heterocycles. The summed E-state index contributed by atoms with van der Waals surface area (Å²) in [7, 11) is -4.37. The number of carbonyl (C=O) groups is 1. The molecule has 0 aliphatic rings. The number of rotatable bonds is 4. The molecule has 21 heavy (non-hydrogen) atoms. The summed E-state index contributed by atoms with van der Waals surface area (Å²) in [4.78, 5) is 13.3. The molecule has 6 nitrogen and oxygen atoms in total. The summed E-state index contributed by atoms with van der Waals surface area (Å²) in [5.74, 6) is -3.48. The molecule has 0 fully saturated rings. The number of carboxylic acid groups (broad SMARTS) is 1. The molecule has 0 bridgehead atoms. The highest BCUT2D eigenvalue weighted by atomic mass is 32.2. The lowest BCUT2D eigenvalue weighted by molar-refractivity contribution is 0.0696. The lowest BCUT2D eigenvalue weighted by Gasteiger charge is -2.08. The van der Waals surface area contributed by atoms with Crippen molar-refractivity contribution < 1.29 is 27.1 Å². The number of halogens is 2. The number of nitrogens with zero attached hydrogens (tertiary/aromatic N) is 1. The van der Waals surface area contributed by atoms with Gasteiger partial charge >= 0.3 is 5.97 Å². The summed E-state index contributed by atoms with van der Waals surface area (Å²) >= 11 is 0. The van der Waals surface area contributed by atoms with E-state index in [9.17, 15) is 22.0 Å². The minimum absolute atomic E-state index is 0.144. The highest BCUT2D eigenvalue weighted by Crippen LogP contribution is 2.19. The van der Waals surface area contributed by atoms with Crippen LogP contribution >= 0.6 is 0 Å². The summed E-state index contributed by atoms with van der Waals surface area (Å²) in [5, 5.41) is 8.68. The Balaban J connectivity index is 2.33. The van der Waals surface area contributed by atoms with Gasteiger partial charge in [0.15, 0.2) is 0 Å². The first kappa shape index (κ1) is 14.9. The Labute approximate surface area is 118 Å². The van der Waals surface area contributed by atoms with Gasteiger partial charge in [-0.2, -0.15) is 0 Å². The van der Waals surface area contributed by atoms with Crippen LogP contribution in [-0.4, -0.2) is 24.5 Å². The van der Waals surface area contributed by atoms with E-state index in [0.717, 1.165) is 24.4 Å². The predicted molar refractivity (Wildman–Crippen MR) is 68.4 cm³/mol. The van der Waals surface area contributed by atoms with Gasteiger partial charge in [-0.3, -0.25) is 4.72 Å². The van der Waals surface area contributed by atoms with Gasteiger partial charge in [-0.1, -0.05) is 0 Å². The Kier molecular flexibility index (Phi) is 3.85. The Bertz CT molecular complexity index is 791. The quantitative estimate of drug-likeness (QED) is 0.898. The van der Waals surface area contributed by atoms with Crippen molar-refractivity contribution in [2.45, 2.75) is 4.90 Å². The predicted octanol–water partition coefficient (Wildman–Crippen LogP) is 1.86. The fraction of sp³-hybridized carbons (Fsp3) is 0. The first-order chi connectivity index (χ1) is 9.79. The molecule has 0 saturated carbocycles. The van der Waals surface area contributed by atoms with Crippen molar-refractivity contribution in [1.29, 1.82) is 0 Å². The number of hydrogen-bond acceptors (Lipinski definition) is 4. The minimum atomic E-state index is -4.37. The van der Waals surface area contributed by atoms with E-state index in [1.165, 1.54) is 0 Å². The van der Waals surface area contributed by atoms with E-state index in [1.807, 2.05) is 4.72 Å². The third-order valence-electron chi connectivity index (χ3n) is 2.43. The Morgan fingerprint density at radius 3 is 2.48 bits per heavy atom. The molecule has 0 atom stereocenters. The number of pyridine rings is 1. The van der Waals surface area contributed by atoms with E-state index in [-0.39, 0.29) is 11.4 Å². The molecule has 2 aromatic rings. The third-order valence-corrected chi connectivity index (χ3v) is 3.80. The first-order valence-corrected chi connectivity index (χ1v) is 6.95. The van der Waals surface area contributed by atoms with Crippen molar-refractivity contribution in [2.75, 3.05) is 4.72 Å². The maximum absolute atomic E-state index is 13.5. The summed E-state index contributed by atoms with van der Waals surface area (Å²) in [5.41, 5.74) is -0.144. The zero-order valence-electron chi connectivity index (χ0n) is 10.2. The zero-order valence-corrected chi connectivity index (χ0v) is 11.1. The first-order valence-electron chi connectivity index (χ1n) is 5.47. The lowest BCUT2D eigenvalue weighted by Crippen LogP contribution is -2.16. The molecule has 0 amide bonds. The van der Waals surface area contributed by atoms with Gasteiger partial charge in [-0.25, -0.2) is 27.0 Å². The number of nitrogens with one attached hydrogen (secondary N) is 1. The molecule has 0 saturated heterocycles. The normalized spacial score (nSPS) is 11.1. The van der Waals surface area contributed by atoms with Crippen molar-refractivity contribution in [1.82, 2.24) is 4.98 Å². The Morgan fingerprint density at radius 1 is 1.19 bits per heavy atom. The summed E-state index contributed by atoms with van der Waals surface area (Å²) in [6.45, 7) is 0. The number of sulfonamides is 1. The summed E-state index contributed by atoms with van der Waals surface area (Å²) in [6, 6.07) is 4.22. The molecule has 1 heterocycles. The van der Waals surface area contributed by atoms with Crippen LogP contribution in [0.15, 0.2) is 41.4 Å². The van der Waals surface area contributed by atoms with Crippen LogP contribution in [-0.2, 0) is 10.0 Å². The average molecular weight is 314 g/mol. The molecule has 0 unspecified atom stereocenters. The van der Waals surface area contributed by atoms with Crippen molar-refractivity contribution >= 4 is 21.8 Å². The highest BCUT2D eigenvalue weighted by molar-refractivity contribution is 7.92. The number of carboxylic acids is 1. The Morgan fingerprint density at radius 2 is 1.90 bits per heavy atom. The number of aromatic nitrogens is 1. The maximum Gasteiger partial charge on any atom is 0.337 e. The standard InChI is InChI=1S/C12H8F2N2O4S/c13-8-2-3-9(14)10(5-8)21(19,20)16-11-4-1-7(6-15-11)12(17)18/h1-6H,(H,15,16)(H,17,18). The molecule has 2 N–H and O–H groups in total. The number of hydrogen-bond donors (Lipinski definition) is 2. The van der Waals surface area contributed by atoms with Gasteiger partial charge in [0, 0.05) is 6.20 Å². The van der Waals surface area contributed by atoms with Gasteiger partial charge in [0.25, 0.3) is 10.0 Å². The number of aromatic carboxylic acids is 1. The van der Waals surface area contributed by atoms with Crippen molar-refractivity contribution in [3.8, 4) is 0 Å². The van der Waals surface area contributed by atoms with Gasteiger partial charge in [0.05, 0.1) is 5.56 Å². The van der Waals surface area contributed by atoms with E-state index in [1.54, 1.807) is 0 Å². The highest BCUT2D eigenvalue weighted by Gasteiger charge is 2.20. The topological polar surface area (TPSA) is 96.4 Å². The second-order valence-corrected chi connectivity index (χ2v) is 5.57. The van der Waals surface area contributed by atoms with Crippen LogP contribution in [0, 0.1) is 11.6 Å². The molecule has 0 aliphatic heterocycles. The molecule has 0 aliphatic carbocycles. The van der Waals surface area contributed by atoms with Crippen LogP contribution in [0.4, 0.5) is 14.6 Å². The molecule has 2 rings (SSSR count). The largest absolute Gasteiger partial charge is 0.478 e. The summed E-state index contributed by atoms with van der Waals surface area (Å²) < 4.78 is 52.2. The molecule has 110 valence electrons. The Hall–Kier alpha value is -2.55. The molecule has 0 spiro atoms. The SMILES string of the molecule is O=C(O)c1ccc(NS(=O)(=O)c2cc(F)ccc2F)nc1. The van der Waals surface area contributed by atoms with Gasteiger partial charge in [-0.05, 0) is 30.3 Å². The maximum atomic E-state index is 13.5. The van der Waals surface area contributed by atoms with Crippen molar-refractivity contribution in [3.63, 3.8) is 0 Å². The minimum Gasteiger partial charge on any atom is -0.478 e. The van der Waals surface area contributed by atoms with Gasteiger partial charge < -0.3 is 5.11 Å². The second-order valence-electron chi connectivity index (χ2n) is 3.92. The van der Waals surface area contributed by atoms with Crippen LogP contribution in [0.2, 0.25) is 0 Å². The van der Waals surface area contributed by atoms with Crippen LogP contribution in [0.1, 0.15) is 10.4 Å². The van der Waals surface area contributed by atoms with E-state index in [4.69, 9.17) is 5.11 Å².